The van der Waals surface area contributed by atoms with Crippen LogP contribution in [0.5, 0.6) is 0 Å². The smallest absolute Gasteiger partial charge is 0.229 e. The molecule has 0 amide bonds. The largest absolute Gasteiger partial charge is 0.431 e. The molecule has 4 heteroatoms. The van der Waals surface area contributed by atoms with Crippen LogP contribution in [0.3, 0.4) is 0 Å². The third kappa shape index (κ3) is 0.991. The van der Waals surface area contributed by atoms with E-state index in [0.717, 1.165) is 5.39 Å². The van der Waals surface area contributed by atoms with Crippen LogP contribution < -0.4 is 5.73 Å². The zero-order valence-electron chi connectivity index (χ0n) is 5.54. The van der Waals surface area contributed by atoms with Crippen LogP contribution in [0.4, 0.5) is 5.69 Å². The highest BCUT2D eigenvalue weighted by molar-refractivity contribution is 9.10. The lowest BCUT2D eigenvalue weighted by Gasteiger charge is -1.89. The fourth-order valence-electron chi connectivity index (χ4n) is 0.930. The lowest BCUT2D eigenvalue weighted by Crippen LogP contribution is -1.84. The molecule has 0 saturated heterocycles. The molecule has 0 radical (unpaired) electrons. The van der Waals surface area contributed by atoms with Crippen LogP contribution in [-0.4, -0.2) is 4.98 Å². The highest BCUT2D eigenvalue weighted by Gasteiger charge is 2.03. The Morgan fingerprint density at radius 2 is 2.36 bits per heavy atom. The molecule has 0 saturated carbocycles. The van der Waals surface area contributed by atoms with E-state index in [1.807, 2.05) is 0 Å². The number of aromatic nitrogens is 1. The molecule has 0 fully saturated rings. The first-order chi connectivity index (χ1) is 5.27. The summed E-state index contributed by atoms with van der Waals surface area (Å²) in [5.74, 6) is 0. The Morgan fingerprint density at radius 1 is 1.55 bits per heavy atom. The number of nitrogen functional groups attached to an aromatic ring is 1. The molecule has 11 heavy (non-hydrogen) atoms. The summed E-state index contributed by atoms with van der Waals surface area (Å²) in [6, 6.07) is 3.54. The van der Waals surface area contributed by atoms with Crippen molar-refractivity contribution in [3.8, 4) is 0 Å². The van der Waals surface area contributed by atoms with Crippen LogP contribution >= 0.6 is 15.9 Å². The summed E-state index contributed by atoms with van der Waals surface area (Å²) in [4.78, 5) is 3.99. The minimum atomic E-state index is 0.567. The molecule has 0 bridgehead atoms. The minimum Gasteiger partial charge on any atom is -0.431 e. The maximum Gasteiger partial charge on any atom is 0.229 e. The number of hydrogen-bond acceptors (Lipinski definition) is 3. The lowest BCUT2D eigenvalue weighted by molar-refractivity contribution is 0.576. The number of nitrogens with two attached hydrogens (primary N) is 1. The van der Waals surface area contributed by atoms with Crippen molar-refractivity contribution in [2.24, 2.45) is 0 Å². The van der Waals surface area contributed by atoms with Crippen molar-refractivity contribution < 1.29 is 4.42 Å². The van der Waals surface area contributed by atoms with E-state index in [9.17, 15) is 0 Å². The summed E-state index contributed by atoms with van der Waals surface area (Å²) in [6.07, 6.45) is 1.62. The van der Waals surface area contributed by atoms with Crippen molar-refractivity contribution in [3.05, 3.63) is 23.0 Å². The van der Waals surface area contributed by atoms with Crippen LogP contribution in [0, 0.1) is 0 Å². The number of furan rings is 1. The highest BCUT2D eigenvalue weighted by Crippen LogP contribution is 2.25. The van der Waals surface area contributed by atoms with Gasteiger partial charge in [-0.05, 0) is 22.0 Å². The molecule has 0 aliphatic heterocycles. The highest BCUT2D eigenvalue weighted by atomic mass is 79.9. The van der Waals surface area contributed by atoms with Gasteiger partial charge in [-0.15, -0.1) is 0 Å². The molecule has 56 valence electrons. The van der Waals surface area contributed by atoms with Gasteiger partial charge in [-0.25, -0.2) is 4.98 Å². The molecule has 0 aliphatic rings. The van der Waals surface area contributed by atoms with E-state index >= 15 is 0 Å². The van der Waals surface area contributed by atoms with E-state index in [1.54, 1.807) is 18.3 Å². The van der Waals surface area contributed by atoms with Crippen molar-refractivity contribution in [1.82, 2.24) is 4.98 Å². The molecule has 2 N–H and O–H groups in total. The third-order valence-corrected chi connectivity index (χ3v) is 1.83. The number of anilines is 1. The molecule has 2 rings (SSSR count). The maximum atomic E-state index is 5.65. The molecule has 2 aromatic rings. The molecule has 0 spiro atoms. The van der Waals surface area contributed by atoms with Gasteiger partial charge in [-0.3, -0.25) is 0 Å². The second kappa shape index (κ2) is 2.23. The zero-order valence-corrected chi connectivity index (χ0v) is 7.13. The molecule has 3 nitrogen and oxygen atoms in total. The number of hydrogen-bond donors (Lipinski definition) is 1. The van der Waals surface area contributed by atoms with E-state index < -0.39 is 0 Å². The van der Waals surface area contributed by atoms with Crippen molar-refractivity contribution in [2.75, 3.05) is 5.73 Å². The van der Waals surface area contributed by atoms with Gasteiger partial charge < -0.3 is 10.2 Å². The molecule has 0 aromatic carbocycles. The van der Waals surface area contributed by atoms with Gasteiger partial charge in [0.05, 0.1) is 5.39 Å². The first-order valence-corrected chi connectivity index (χ1v) is 3.86. The van der Waals surface area contributed by atoms with Crippen LogP contribution in [-0.2, 0) is 0 Å². The van der Waals surface area contributed by atoms with Gasteiger partial charge in [0, 0.05) is 18.0 Å². The number of rotatable bonds is 0. The Balaban J connectivity index is 2.90. The average Bonchev–Trinajstić information content (AvgIpc) is 2.31. The van der Waals surface area contributed by atoms with E-state index in [0.29, 0.717) is 16.1 Å². The SMILES string of the molecule is Nc1ccnc2oc(Br)cc12. The Labute approximate surface area is 71.3 Å². The molecule has 0 unspecified atom stereocenters. The molecule has 2 heterocycles. The van der Waals surface area contributed by atoms with Crippen molar-refractivity contribution in [3.63, 3.8) is 0 Å². The van der Waals surface area contributed by atoms with Crippen molar-refractivity contribution >= 4 is 32.7 Å². The second-order valence-corrected chi connectivity index (χ2v) is 2.95. The van der Waals surface area contributed by atoms with Crippen molar-refractivity contribution in [2.45, 2.75) is 0 Å². The average molecular weight is 213 g/mol. The zero-order chi connectivity index (χ0) is 7.84. The van der Waals surface area contributed by atoms with Gasteiger partial charge in [0.1, 0.15) is 0 Å². The van der Waals surface area contributed by atoms with Gasteiger partial charge in [-0.2, -0.15) is 0 Å². The summed E-state index contributed by atoms with van der Waals surface area (Å²) in [5.41, 5.74) is 6.90. The summed E-state index contributed by atoms with van der Waals surface area (Å²) in [7, 11) is 0. The van der Waals surface area contributed by atoms with E-state index in [1.165, 1.54) is 0 Å². The van der Waals surface area contributed by atoms with Gasteiger partial charge >= 0.3 is 0 Å². The first kappa shape index (κ1) is 6.67. The Morgan fingerprint density at radius 3 is 3.09 bits per heavy atom. The Kier molecular flexibility index (Phi) is 1.35. The number of nitrogens with zero attached hydrogens (tertiary/aromatic N) is 1. The second-order valence-electron chi connectivity index (χ2n) is 2.17. The number of halogens is 1. The monoisotopic (exact) mass is 212 g/mol. The standard InChI is InChI=1S/C7H5BrN2O/c8-6-3-4-5(9)1-2-10-7(4)11-6/h1-3H,(H2,9,10). The quantitative estimate of drug-likeness (QED) is 0.729. The van der Waals surface area contributed by atoms with Gasteiger partial charge in [-0.1, -0.05) is 0 Å². The Bertz CT molecular complexity index is 396. The summed E-state index contributed by atoms with van der Waals surface area (Å²) < 4.78 is 5.83. The molecule has 0 atom stereocenters. The first-order valence-electron chi connectivity index (χ1n) is 3.07. The van der Waals surface area contributed by atoms with Crippen LogP contribution in [0.15, 0.2) is 27.4 Å². The van der Waals surface area contributed by atoms with Crippen molar-refractivity contribution in [1.29, 1.82) is 0 Å². The predicted molar refractivity (Wildman–Crippen MR) is 46.1 cm³/mol. The van der Waals surface area contributed by atoms with Crippen LogP contribution in [0.25, 0.3) is 11.1 Å². The minimum absolute atomic E-state index is 0.567. The van der Waals surface area contributed by atoms with Gasteiger partial charge in [0.15, 0.2) is 4.67 Å². The maximum absolute atomic E-state index is 5.65. The van der Waals surface area contributed by atoms with Crippen LogP contribution in [0.2, 0.25) is 0 Å². The number of pyridine rings is 1. The fourth-order valence-corrected chi connectivity index (χ4v) is 1.31. The van der Waals surface area contributed by atoms with Gasteiger partial charge in [0.2, 0.25) is 5.71 Å². The van der Waals surface area contributed by atoms with E-state index in [2.05, 4.69) is 20.9 Å². The number of fused-ring (bicyclic) bond motifs is 1. The van der Waals surface area contributed by atoms with Gasteiger partial charge in [0.25, 0.3) is 0 Å². The van der Waals surface area contributed by atoms with E-state index in [-0.39, 0.29) is 0 Å². The molecule has 2 aromatic heterocycles. The topological polar surface area (TPSA) is 52.0 Å². The predicted octanol–water partition coefficient (Wildman–Crippen LogP) is 2.17. The van der Waals surface area contributed by atoms with E-state index in [4.69, 9.17) is 10.2 Å². The summed E-state index contributed by atoms with van der Waals surface area (Å²) >= 11 is 3.20. The Hall–Kier alpha value is -1.03. The fraction of sp³-hybridized carbons (Fsp3) is 0. The van der Waals surface area contributed by atoms with Crippen LogP contribution in [0.1, 0.15) is 0 Å². The lowest BCUT2D eigenvalue weighted by atomic mass is 10.3. The molecular weight excluding hydrogens is 208 g/mol. The summed E-state index contributed by atoms with van der Waals surface area (Å²) in [6.45, 7) is 0. The molecular formula is C7H5BrN2O. The summed E-state index contributed by atoms with van der Waals surface area (Å²) in [5, 5.41) is 0.847. The molecule has 0 aliphatic carbocycles. The third-order valence-electron chi connectivity index (χ3n) is 1.44. The normalized spacial score (nSPS) is 10.6.